The molecule has 0 fully saturated rings. The fourth-order valence-corrected chi connectivity index (χ4v) is 3.53. The minimum absolute atomic E-state index is 0.116. The van der Waals surface area contributed by atoms with Crippen LogP contribution in [-0.2, 0) is 30.5 Å². The summed E-state index contributed by atoms with van der Waals surface area (Å²) in [6.45, 7) is 5.85. The number of primary amides is 1. The van der Waals surface area contributed by atoms with Gasteiger partial charge >= 0.3 is 12.0 Å². The number of nitrogens with one attached hydrogen (secondary N) is 4. The fraction of sp³-hybridized carbons (Fsp3) is 0.577. The molecule has 0 aromatic heterocycles. The second-order valence-corrected chi connectivity index (χ2v) is 9.35. The van der Waals surface area contributed by atoms with Gasteiger partial charge in [-0.15, -0.1) is 0 Å². The van der Waals surface area contributed by atoms with Crippen molar-refractivity contribution < 1.29 is 28.7 Å². The third kappa shape index (κ3) is 13.6. The number of esters is 1. The first-order valence-corrected chi connectivity index (χ1v) is 12.9. The zero-order chi connectivity index (χ0) is 28.5. The summed E-state index contributed by atoms with van der Waals surface area (Å²) < 4.78 is 4.96. The lowest BCUT2D eigenvalue weighted by Crippen LogP contribution is -2.54. The number of anilines is 1. The van der Waals surface area contributed by atoms with Crippen molar-refractivity contribution in [3.63, 3.8) is 0 Å². The van der Waals surface area contributed by atoms with Gasteiger partial charge in [0.15, 0.2) is 0 Å². The van der Waals surface area contributed by atoms with Gasteiger partial charge in [0.1, 0.15) is 18.7 Å². The van der Waals surface area contributed by atoms with Gasteiger partial charge in [0.2, 0.25) is 17.7 Å². The van der Waals surface area contributed by atoms with Crippen LogP contribution in [0.3, 0.4) is 0 Å². The summed E-state index contributed by atoms with van der Waals surface area (Å²) in [6.07, 6.45) is 3.22. The van der Waals surface area contributed by atoms with E-state index in [1.165, 1.54) is 6.92 Å². The Kier molecular flexibility index (Phi) is 15.1. The first kappa shape index (κ1) is 32.4. The standard InChI is InChI=1S/C26H42N6O6/c1-17(2)23(32-22(34)9-5-4-6-14-27)25(36)31-21(8-7-15-29-26(28)37)24(35)30-20-12-10-19(11-13-20)16-38-18(3)33/h10-13,17,21,23H,4-9,14-16,27H2,1-3H3,(H,30,35)(H,31,36)(H,32,34)(H3,28,29,37)/t21-,23-/m0/s1. The van der Waals surface area contributed by atoms with Gasteiger partial charge in [-0.1, -0.05) is 32.4 Å². The highest BCUT2D eigenvalue weighted by molar-refractivity contribution is 5.98. The Hall–Kier alpha value is -3.67. The van der Waals surface area contributed by atoms with Crippen LogP contribution in [0.5, 0.6) is 0 Å². The number of carbonyl (C=O) groups excluding carboxylic acids is 5. The molecule has 0 spiro atoms. The molecular formula is C26H42N6O6. The molecule has 0 bridgehead atoms. The van der Waals surface area contributed by atoms with E-state index in [4.69, 9.17) is 16.2 Å². The maximum atomic E-state index is 13.1. The summed E-state index contributed by atoms with van der Waals surface area (Å²) in [7, 11) is 0. The smallest absolute Gasteiger partial charge is 0.312 e. The molecule has 0 aliphatic rings. The van der Waals surface area contributed by atoms with Crippen molar-refractivity contribution in [1.29, 1.82) is 0 Å². The average Bonchev–Trinajstić information content (AvgIpc) is 2.86. The van der Waals surface area contributed by atoms with E-state index in [1.807, 2.05) is 13.8 Å². The van der Waals surface area contributed by atoms with Crippen LogP contribution in [0.2, 0.25) is 0 Å². The Morgan fingerprint density at radius 2 is 1.61 bits per heavy atom. The Bertz CT molecular complexity index is 921. The Morgan fingerprint density at radius 1 is 0.921 bits per heavy atom. The number of carbonyl (C=O) groups is 5. The molecule has 5 amide bonds. The quantitative estimate of drug-likeness (QED) is 0.128. The van der Waals surface area contributed by atoms with E-state index < -0.39 is 35.9 Å². The summed E-state index contributed by atoms with van der Waals surface area (Å²) in [5, 5.41) is 10.7. The Morgan fingerprint density at radius 3 is 2.18 bits per heavy atom. The van der Waals surface area contributed by atoms with E-state index >= 15 is 0 Å². The number of hydrogen-bond donors (Lipinski definition) is 6. The number of ether oxygens (including phenoxy) is 1. The largest absolute Gasteiger partial charge is 0.461 e. The van der Waals surface area contributed by atoms with Crippen molar-refractivity contribution in [2.75, 3.05) is 18.4 Å². The number of hydrogen-bond acceptors (Lipinski definition) is 7. The minimum Gasteiger partial charge on any atom is -0.461 e. The van der Waals surface area contributed by atoms with Crippen LogP contribution >= 0.6 is 0 Å². The lowest BCUT2D eigenvalue weighted by Gasteiger charge is -2.25. The minimum atomic E-state index is -0.930. The highest BCUT2D eigenvalue weighted by Crippen LogP contribution is 2.13. The monoisotopic (exact) mass is 534 g/mol. The van der Waals surface area contributed by atoms with Gasteiger partial charge in [-0.25, -0.2) is 4.79 Å². The molecule has 12 nitrogen and oxygen atoms in total. The molecule has 0 saturated heterocycles. The molecule has 8 N–H and O–H groups in total. The highest BCUT2D eigenvalue weighted by Gasteiger charge is 2.28. The number of nitrogens with two attached hydrogens (primary N) is 2. The van der Waals surface area contributed by atoms with Crippen LogP contribution < -0.4 is 32.7 Å². The summed E-state index contributed by atoms with van der Waals surface area (Å²) >= 11 is 0. The summed E-state index contributed by atoms with van der Waals surface area (Å²) in [5.41, 5.74) is 11.8. The number of benzene rings is 1. The number of amides is 5. The lowest BCUT2D eigenvalue weighted by atomic mass is 10.0. The number of unbranched alkanes of at least 4 members (excludes halogenated alkanes) is 2. The van der Waals surface area contributed by atoms with E-state index in [2.05, 4.69) is 21.3 Å². The molecule has 1 rings (SSSR count). The summed E-state index contributed by atoms with van der Waals surface area (Å²) in [6, 6.07) is 4.30. The molecular weight excluding hydrogens is 492 g/mol. The molecule has 1 aromatic rings. The molecule has 0 heterocycles. The Balaban J connectivity index is 2.86. The van der Waals surface area contributed by atoms with E-state index in [-0.39, 0.29) is 37.8 Å². The van der Waals surface area contributed by atoms with Crippen LogP contribution in [0.1, 0.15) is 64.9 Å². The van der Waals surface area contributed by atoms with Crippen LogP contribution in [0.4, 0.5) is 10.5 Å². The van der Waals surface area contributed by atoms with Crippen molar-refractivity contribution >= 4 is 35.4 Å². The predicted molar refractivity (Wildman–Crippen MR) is 144 cm³/mol. The lowest BCUT2D eigenvalue weighted by molar-refractivity contribution is -0.142. The highest BCUT2D eigenvalue weighted by atomic mass is 16.5. The van der Waals surface area contributed by atoms with Crippen molar-refractivity contribution in [2.24, 2.45) is 17.4 Å². The first-order chi connectivity index (χ1) is 18.0. The predicted octanol–water partition coefficient (Wildman–Crippen LogP) is 1.28. The molecule has 212 valence electrons. The SMILES string of the molecule is CC(=O)OCc1ccc(NC(=O)[C@H](CCCNC(N)=O)NC(=O)[C@@H](NC(=O)CCCCCN)C(C)C)cc1. The summed E-state index contributed by atoms with van der Waals surface area (Å²) in [5.74, 6) is -1.78. The van der Waals surface area contributed by atoms with Crippen LogP contribution in [-0.4, -0.2) is 54.9 Å². The molecule has 2 atom stereocenters. The zero-order valence-corrected chi connectivity index (χ0v) is 22.5. The van der Waals surface area contributed by atoms with E-state index in [1.54, 1.807) is 24.3 Å². The number of urea groups is 1. The second kappa shape index (κ2) is 17.7. The zero-order valence-electron chi connectivity index (χ0n) is 22.5. The third-order valence-corrected chi connectivity index (χ3v) is 5.64. The molecule has 38 heavy (non-hydrogen) atoms. The molecule has 0 aliphatic heterocycles. The molecule has 0 saturated carbocycles. The van der Waals surface area contributed by atoms with Gasteiger partial charge in [-0.2, -0.15) is 0 Å². The van der Waals surface area contributed by atoms with E-state index in [0.29, 0.717) is 25.1 Å². The van der Waals surface area contributed by atoms with Crippen molar-refractivity contribution in [3.8, 4) is 0 Å². The molecule has 12 heteroatoms. The van der Waals surface area contributed by atoms with Crippen molar-refractivity contribution in [3.05, 3.63) is 29.8 Å². The van der Waals surface area contributed by atoms with Gasteiger partial charge in [-0.05, 0) is 55.8 Å². The molecule has 0 unspecified atom stereocenters. The van der Waals surface area contributed by atoms with Crippen LogP contribution in [0, 0.1) is 5.92 Å². The maximum Gasteiger partial charge on any atom is 0.312 e. The fourth-order valence-electron chi connectivity index (χ4n) is 3.53. The summed E-state index contributed by atoms with van der Waals surface area (Å²) in [4.78, 5) is 60.6. The molecule has 1 aromatic carbocycles. The Labute approximate surface area is 224 Å². The molecule has 0 radical (unpaired) electrons. The second-order valence-electron chi connectivity index (χ2n) is 9.35. The first-order valence-electron chi connectivity index (χ1n) is 12.9. The van der Waals surface area contributed by atoms with Gasteiger partial charge < -0.3 is 37.5 Å². The van der Waals surface area contributed by atoms with Gasteiger partial charge in [0.05, 0.1) is 0 Å². The van der Waals surface area contributed by atoms with Gasteiger partial charge in [0, 0.05) is 25.6 Å². The van der Waals surface area contributed by atoms with Gasteiger partial charge in [-0.3, -0.25) is 19.2 Å². The van der Waals surface area contributed by atoms with Crippen LogP contribution in [0.25, 0.3) is 0 Å². The van der Waals surface area contributed by atoms with Crippen molar-refractivity contribution in [2.45, 2.75) is 78.0 Å². The van der Waals surface area contributed by atoms with Gasteiger partial charge in [0.25, 0.3) is 0 Å². The maximum absolute atomic E-state index is 13.1. The number of rotatable bonds is 17. The van der Waals surface area contributed by atoms with Crippen molar-refractivity contribution in [1.82, 2.24) is 16.0 Å². The van der Waals surface area contributed by atoms with E-state index in [0.717, 1.165) is 18.4 Å². The third-order valence-electron chi connectivity index (χ3n) is 5.64. The topological polar surface area (TPSA) is 195 Å². The van der Waals surface area contributed by atoms with E-state index in [9.17, 15) is 24.0 Å². The molecule has 0 aliphatic carbocycles. The normalized spacial score (nSPS) is 12.2. The average molecular weight is 535 g/mol. The van der Waals surface area contributed by atoms with Crippen LogP contribution in [0.15, 0.2) is 24.3 Å².